The van der Waals surface area contributed by atoms with Crippen molar-refractivity contribution in [2.45, 2.75) is 37.8 Å². The fourth-order valence-corrected chi connectivity index (χ4v) is 6.25. The molecule has 19 nitrogen and oxygen atoms in total. The highest BCUT2D eigenvalue weighted by Gasteiger charge is 2.45. The molecule has 6 N–H and O–H groups in total. The molecule has 0 aromatic carbocycles. The fraction of sp³-hybridized carbons (Fsp3) is 0.538. The van der Waals surface area contributed by atoms with Crippen LogP contribution in [-0.4, -0.2) is 58.9 Å². The number of fused-ring (bicyclic) bond motifs is 1. The zero-order chi connectivity index (χ0) is 26.9. The van der Waals surface area contributed by atoms with Crippen LogP contribution in [-0.2, 0) is 36.3 Å². The van der Waals surface area contributed by atoms with Crippen LogP contribution in [0.5, 0.6) is 0 Å². The first kappa shape index (κ1) is 28.6. The van der Waals surface area contributed by atoms with Crippen LogP contribution < -0.4 is 5.73 Å². The molecule has 0 bridgehead atoms. The van der Waals surface area contributed by atoms with E-state index in [-0.39, 0.29) is 12.2 Å². The number of halogens is 1. The predicted octanol–water partition coefficient (Wildman–Crippen LogP) is 1.98. The number of phosphoric acid groups is 3. The number of aromatic nitrogens is 3. The number of nitrogen functional groups attached to an aromatic ring is 1. The summed E-state index contributed by atoms with van der Waals surface area (Å²) in [5.74, 6) is -2.72. The van der Waals surface area contributed by atoms with Crippen molar-refractivity contribution >= 4 is 40.3 Å². The molecular weight excluding hydrogens is 558 g/mol. The molecule has 1 saturated heterocycles. The van der Waals surface area contributed by atoms with Crippen molar-refractivity contribution in [3.05, 3.63) is 29.0 Å². The Morgan fingerprint density at radius 2 is 2.00 bits per heavy atom. The van der Waals surface area contributed by atoms with Crippen LogP contribution in [0.15, 0.2) is 23.7 Å². The van der Waals surface area contributed by atoms with E-state index in [0.717, 1.165) is 6.92 Å². The normalized spacial score (nSPS) is 25.6. The van der Waals surface area contributed by atoms with Crippen LogP contribution in [0.4, 0.5) is 10.2 Å². The van der Waals surface area contributed by atoms with Gasteiger partial charge in [0.25, 0.3) is 5.98 Å². The molecule has 0 saturated carbocycles. The van der Waals surface area contributed by atoms with Crippen molar-refractivity contribution in [3.8, 4) is 0 Å². The Balaban J connectivity index is 1.80. The summed E-state index contributed by atoms with van der Waals surface area (Å²) in [6, 6.07) is 1.57. The Labute approximate surface area is 200 Å². The van der Waals surface area contributed by atoms with E-state index in [9.17, 15) is 27.9 Å². The average Bonchev–Trinajstić information content (AvgIpc) is 3.28. The SMILES string of the molecule is CC(F)(N=[N+]=[N-])O[C@@H]1C[C@H](n2ccc3c(N)ncnc32)O[C@@H]1COP(=O)(O)OP(=O)(O)OP(=O)(O)O. The lowest BCUT2D eigenvalue weighted by Gasteiger charge is -2.24. The third kappa shape index (κ3) is 7.50. The molecule has 36 heavy (non-hydrogen) atoms. The van der Waals surface area contributed by atoms with Gasteiger partial charge in [0.05, 0.1) is 18.1 Å². The largest absolute Gasteiger partial charge is 0.490 e. The van der Waals surface area contributed by atoms with Gasteiger partial charge >= 0.3 is 23.5 Å². The summed E-state index contributed by atoms with van der Waals surface area (Å²) in [6.45, 7) is -0.147. The van der Waals surface area contributed by atoms with E-state index in [1.165, 1.54) is 17.1 Å². The molecule has 0 spiro atoms. The topological polar surface area (TPSA) is 284 Å². The molecule has 0 amide bonds. The van der Waals surface area contributed by atoms with E-state index in [1.54, 1.807) is 6.07 Å². The lowest BCUT2D eigenvalue weighted by molar-refractivity contribution is -0.178. The van der Waals surface area contributed by atoms with Gasteiger partial charge in [-0.2, -0.15) is 8.62 Å². The van der Waals surface area contributed by atoms with Crippen LogP contribution in [0.25, 0.3) is 21.5 Å². The molecule has 6 atom stereocenters. The molecule has 0 aliphatic carbocycles. The molecular formula is C13H19FN7O12P3. The number of alkyl halides is 1. The molecule has 23 heteroatoms. The number of nitrogens with zero attached hydrogens (tertiary/aromatic N) is 6. The van der Waals surface area contributed by atoms with Gasteiger partial charge in [-0.05, 0) is 16.7 Å². The quantitative estimate of drug-likeness (QED) is 0.0839. The molecule has 0 radical (unpaired) electrons. The number of nitrogens with two attached hydrogens (primary N) is 1. The molecule has 3 heterocycles. The van der Waals surface area contributed by atoms with Gasteiger partial charge in [-0.25, -0.2) is 28.1 Å². The Bertz CT molecular complexity index is 1310. The van der Waals surface area contributed by atoms with Crippen LogP contribution in [0.3, 0.4) is 0 Å². The summed E-state index contributed by atoms with van der Waals surface area (Å²) in [5, 5.41) is 3.32. The van der Waals surface area contributed by atoms with Crippen molar-refractivity contribution in [2.75, 3.05) is 12.3 Å². The molecule has 1 aliphatic heterocycles. The second-order valence-corrected chi connectivity index (χ2v) is 11.6. The van der Waals surface area contributed by atoms with Crippen molar-refractivity contribution in [1.82, 2.24) is 14.5 Å². The highest BCUT2D eigenvalue weighted by Crippen LogP contribution is 2.66. The maximum Gasteiger partial charge on any atom is 0.490 e. The fourth-order valence-electron chi connectivity index (χ4n) is 3.22. The lowest BCUT2D eigenvalue weighted by atomic mass is 10.2. The monoisotopic (exact) mass is 577 g/mol. The number of azide groups is 1. The smallest absolute Gasteiger partial charge is 0.383 e. The molecule has 2 aromatic heterocycles. The number of hydrogen-bond donors (Lipinski definition) is 5. The third-order valence-electron chi connectivity index (χ3n) is 4.44. The molecule has 3 unspecified atom stereocenters. The van der Waals surface area contributed by atoms with Gasteiger partial charge in [0, 0.05) is 24.5 Å². The Morgan fingerprint density at radius 1 is 1.31 bits per heavy atom. The minimum Gasteiger partial charge on any atom is -0.383 e. The number of ether oxygens (including phenoxy) is 2. The summed E-state index contributed by atoms with van der Waals surface area (Å²) in [5.41, 5.74) is 14.7. The van der Waals surface area contributed by atoms with Crippen molar-refractivity contribution in [3.63, 3.8) is 0 Å². The summed E-state index contributed by atoms with van der Waals surface area (Å²) in [4.78, 5) is 46.4. The zero-order valence-electron chi connectivity index (χ0n) is 17.9. The first-order valence-corrected chi connectivity index (χ1v) is 14.0. The minimum atomic E-state index is -5.76. The second kappa shape index (κ2) is 10.4. The van der Waals surface area contributed by atoms with Crippen molar-refractivity contribution in [1.29, 1.82) is 0 Å². The third-order valence-corrected chi connectivity index (χ3v) is 8.24. The van der Waals surface area contributed by atoms with Gasteiger partial charge in [-0.3, -0.25) is 4.52 Å². The highest BCUT2D eigenvalue weighted by molar-refractivity contribution is 7.66. The molecule has 1 aliphatic rings. The summed E-state index contributed by atoms with van der Waals surface area (Å²) in [6.07, 6.45) is -1.05. The standard InChI is InChI=1S/C13H19FN7O12P3/c1-13(14,19-20-16)31-8-4-10(21-3-2-7-11(15)17-6-18-12(7)21)30-9(8)5-29-35(25,26)33-36(27,28)32-34(22,23)24/h2-3,6,8-10H,4-5H2,1H3,(H,25,26)(H,27,28)(H2,15,17,18)(H2,22,23,24)/t8-,9-,10-,13?/m1/s1. The highest BCUT2D eigenvalue weighted by atomic mass is 31.3. The van der Waals surface area contributed by atoms with E-state index in [1.807, 2.05) is 0 Å². The van der Waals surface area contributed by atoms with E-state index in [0.29, 0.717) is 11.0 Å². The van der Waals surface area contributed by atoms with Crippen molar-refractivity contribution in [2.24, 2.45) is 5.11 Å². The first-order chi connectivity index (χ1) is 16.5. The molecule has 1 fully saturated rings. The van der Waals surface area contributed by atoms with Crippen LogP contribution >= 0.6 is 23.5 Å². The van der Waals surface area contributed by atoms with Crippen molar-refractivity contribution < 1.29 is 60.3 Å². The Morgan fingerprint density at radius 3 is 2.64 bits per heavy atom. The van der Waals surface area contributed by atoms with Crippen LogP contribution in [0.2, 0.25) is 0 Å². The minimum absolute atomic E-state index is 0.140. The molecule has 3 rings (SSSR count). The van der Waals surface area contributed by atoms with Gasteiger partial charge in [0.2, 0.25) is 0 Å². The zero-order valence-corrected chi connectivity index (χ0v) is 20.6. The summed E-state index contributed by atoms with van der Waals surface area (Å²) >= 11 is 0. The van der Waals surface area contributed by atoms with Gasteiger partial charge < -0.3 is 39.3 Å². The van der Waals surface area contributed by atoms with Crippen LogP contribution in [0.1, 0.15) is 19.6 Å². The maximum absolute atomic E-state index is 14.5. The maximum atomic E-state index is 14.5. The number of rotatable bonds is 11. The van der Waals surface area contributed by atoms with E-state index in [2.05, 4.69) is 33.1 Å². The lowest BCUT2D eigenvalue weighted by Crippen LogP contribution is -2.35. The summed E-state index contributed by atoms with van der Waals surface area (Å²) in [7, 11) is -16.8. The Kier molecular flexibility index (Phi) is 8.25. The second-order valence-electron chi connectivity index (χ2n) is 7.19. The first-order valence-electron chi connectivity index (χ1n) is 9.45. The number of anilines is 1. The van der Waals surface area contributed by atoms with Gasteiger partial charge in [-0.1, -0.05) is 0 Å². The van der Waals surface area contributed by atoms with E-state index >= 15 is 0 Å². The van der Waals surface area contributed by atoms with E-state index < -0.39 is 54.5 Å². The predicted molar refractivity (Wildman–Crippen MR) is 114 cm³/mol. The molecule has 2 aromatic rings. The van der Waals surface area contributed by atoms with Gasteiger partial charge in [0.1, 0.15) is 30.1 Å². The van der Waals surface area contributed by atoms with Gasteiger partial charge in [0.15, 0.2) is 0 Å². The average molecular weight is 577 g/mol. The van der Waals surface area contributed by atoms with Gasteiger partial charge in [-0.15, -0.1) is 0 Å². The Hall–Kier alpha value is -2.01. The number of phosphoric ester groups is 1. The molecule has 200 valence electrons. The van der Waals surface area contributed by atoms with E-state index in [4.69, 9.17) is 30.5 Å². The number of hydrogen-bond acceptors (Lipinski definition) is 12. The summed E-state index contributed by atoms with van der Waals surface area (Å²) < 4.78 is 73.0. The van der Waals surface area contributed by atoms with Crippen LogP contribution in [0, 0.1) is 0 Å².